The van der Waals surface area contributed by atoms with E-state index in [0.29, 0.717) is 0 Å². The molecule has 17 heavy (non-hydrogen) atoms. The van der Waals surface area contributed by atoms with E-state index in [1.54, 1.807) is 0 Å². The van der Waals surface area contributed by atoms with Gasteiger partial charge in [-0.1, -0.05) is 36.6 Å². The molecule has 0 aliphatic heterocycles. The number of hydrogen-bond acceptors (Lipinski definition) is 2. The molecule has 1 fully saturated rings. The number of hydrogen-bond donors (Lipinski definition) is 2. The van der Waals surface area contributed by atoms with Crippen LogP contribution in [0.5, 0.6) is 0 Å². The van der Waals surface area contributed by atoms with Crippen molar-refractivity contribution in [2.75, 3.05) is 13.6 Å². The molecule has 1 aromatic carbocycles. The molecule has 3 heteroatoms. The van der Waals surface area contributed by atoms with Gasteiger partial charge in [-0.3, -0.25) is 0 Å². The standard InChI is InChI=1S/C14H20ClNO/c1-16-10-14(8-3-2-7-13(14)17)11-5-4-6-12(15)9-11/h4-6,9,13,16-17H,2-3,7-8,10H2,1H3/t13-,14-/m0/s1. The van der Waals surface area contributed by atoms with Crippen LogP contribution < -0.4 is 5.32 Å². The van der Waals surface area contributed by atoms with E-state index < -0.39 is 0 Å². The maximum atomic E-state index is 10.4. The summed E-state index contributed by atoms with van der Waals surface area (Å²) < 4.78 is 0. The van der Waals surface area contributed by atoms with Gasteiger partial charge in [0.05, 0.1) is 6.10 Å². The summed E-state index contributed by atoms with van der Waals surface area (Å²) in [5.74, 6) is 0. The number of rotatable bonds is 3. The first-order valence-electron chi connectivity index (χ1n) is 6.28. The van der Waals surface area contributed by atoms with Crippen LogP contribution in [0.4, 0.5) is 0 Å². The molecule has 0 aromatic heterocycles. The van der Waals surface area contributed by atoms with Crippen molar-refractivity contribution < 1.29 is 5.11 Å². The van der Waals surface area contributed by atoms with Gasteiger partial charge in [0.25, 0.3) is 0 Å². The molecule has 0 radical (unpaired) electrons. The van der Waals surface area contributed by atoms with Gasteiger partial charge in [-0.15, -0.1) is 0 Å². The van der Waals surface area contributed by atoms with Crippen LogP contribution in [0.1, 0.15) is 31.2 Å². The van der Waals surface area contributed by atoms with Gasteiger partial charge < -0.3 is 10.4 Å². The third-order valence-corrected chi connectivity index (χ3v) is 4.12. The number of aliphatic hydroxyl groups is 1. The molecule has 94 valence electrons. The zero-order chi connectivity index (χ0) is 12.3. The van der Waals surface area contributed by atoms with Crippen molar-refractivity contribution in [3.05, 3.63) is 34.9 Å². The third-order valence-electron chi connectivity index (χ3n) is 3.88. The zero-order valence-electron chi connectivity index (χ0n) is 10.2. The van der Waals surface area contributed by atoms with Gasteiger partial charge in [0.1, 0.15) is 0 Å². The predicted molar refractivity (Wildman–Crippen MR) is 71.5 cm³/mol. The molecule has 0 heterocycles. The topological polar surface area (TPSA) is 32.3 Å². The van der Waals surface area contributed by atoms with Crippen LogP contribution in [-0.4, -0.2) is 24.8 Å². The minimum atomic E-state index is -0.276. The van der Waals surface area contributed by atoms with E-state index in [2.05, 4.69) is 11.4 Å². The van der Waals surface area contributed by atoms with Crippen molar-refractivity contribution in [3.63, 3.8) is 0 Å². The Balaban J connectivity index is 2.39. The van der Waals surface area contributed by atoms with Gasteiger partial charge >= 0.3 is 0 Å². The van der Waals surface area contributed by atoms with Crippen molar-refractivity contribution in [1.29, 1.82) is 0 Å². The quantitative estimate of drug-likeness (QED) is 0.868. The molecule has 0 spiro atoms. The zero-order valence-corrected chi connectivity index (χ0v) is 11.0. The SMILES string of the molecule is CNC[C@]1(c2cccc(Cl)c2)CCCC[C@@H]1O. The van der Waals surface area contributed by atoms with Crippen LogP contribution in [0.15, 0.2) is 24.3 Å². The van der Waals surface area contributed by atoms with E-state index in [0.717, 1.165) is 36.4 Å². The lowest BCUT2D eigenvalue weighted by atomic mass is 9.67. The van der Waals surface area contributed by atoms with E-state index in [-0.39, 0.29) is 11.5 Å². The first kappa shape index (κ1) is 12.9. The number of likely N-dealkylation sites (N-methyl/N-ethyl adjacent to an activating group) is 1. The van der Waals surface area contributed by atoms with Gasteiger partial charge in [-0.05, 0) is 37.6 Å². The summed E-state index contributed by atoms with van der Waals surface area (Å²) in [6, 6.07) is 7.93. The Morgan fingerprint density at radius 2 is 2.29 bits per heavy atom. The van der Waals surface area contributed by atoms with Crippen molar-refractivity contribution >= 4 is 11.6 Å². The number of halogens is 1. The Morgan fingerprint density at radius 3 is 2.94 bits per heavy atom. The summed E-state index contributed by atoms with van der Waals surface area (Å²) in [5, 5.41) is 14.4. The fraction of sp³-hybridized carbons (Fsp3) is 0.571. The Bertz CT molecular complexity index is 378. The van der Waals surface area contributed by atoms with Crippen molar-refractivity contribution in [2.45, 2.75) is 37.2 Å². The highest BCUT2D eigenvalue weighted by molar-refractivity contribution is 6.30. The van der Waals surface area contributed by atoms with Gasteiger partial charge in [-0.25, -0.2) is 0 Å². The molecule has 2 atom stereocenters. The molecular weight excluding hydrogens is 234 g/mol. The second-order valence-electron chi connectivity index (χ2n) is 4.96. The van der Waals surface area contributed by atoms with Crippen molar-refractivity contribution in [1.82, 2.24) is 5.32 Å². The summed E-state index contributed by atoms with van der Waals surface area (Å²) in [5.41, 5.74) is 0.990. The van der Waals surface area contributed by atoms with Gasteiger partial charge in [0.2, 0.25) is 0 Å². The molecule has 2 N–H and O–H groups in total. The maximum Gasteiger partial charge on any atom is 0.0649 e. The van der Waals surface area contributed by atoms with E-state index in [1.807, 2.05) is 25.2 Å². The lowest BCUT2D eigenvalue weighted by Crippen LogP contribution is -2.48. The molecular formula is C14H20ClNO. The molecule has 2 rings (SSSR count). The molecule has 0 amide bonds. The number of nitrogens with one attached hydrogen (secondary N) is 1. The van der Waals surface area contributed by atoms with E-state index in [4.69, 9.17) is 11.6 Å². The Labute approximate surface area is 108 Å². The molecule has 0 bridgehead atoms. The van der Waals surface area contributed by atoms with Crippen LogP contribution in [-0.2, 0) is 5.41 Å². The molecule has 1 saturated carbocycles. The smallest absolute Gasteiger partial charge is 0.0649 e. The largest absolute Gasteiger partial charge is 0.392 e. The van der Waals surface area contributed by atoms with Gasteiger partial charge in [0, 0.05) is 17.0 Å². The van der Waals surface area contributed by atoms with E-state index in [9.17, 15) is 5.11 Å². The monoisotopic (exact) mass is 253 g/mol. The normalized spacial score (nSPS) is 29.2. The highest BCUT2D eigenvalue weighted by atomic mass is 35.5. The first-order valence-corrected chi connectivity index (χ1v) is 6.65. The Kier molecular flexibility index (Phi) is 4.08. The van der Waals surface area contributed by atoms with Crippen LogP contribution in [0.25, 0.3) is 0 Å². The average Bonchev–Trinajstić information content (AvgIpc) is 2.32. The molecule has 1 aliphatic rings. The minimum Gasteiger partial charge on any atom is -0.392 e. The third kappa shape index (κ3) is 2.49. The number of benzene rings is 1. The summed E-state index contributed by atoms with van der Waals surface area (Å²) >= 11 is 6.07. The maximum absolute atomic E-state index is 10.4. The highest BCUT2D eigenvalue weighted by Gasteiger charge is 2.40. The Morgan fingerprint density at radius 1 is 1.47 bits per heavy atom. The second-order valence-corrected chi connectivity index (χ2v) is 5.39. The molecule has 1 aromatic rings. The van der Waals surface area contributed by atoms with Gasteiger partial charge in [0.15, 0.2) is 0 Å². The van der Waals surface area contributed by atoms with Crippen LogP contribution in [0.2, 0.25) is 5.02 Å². The molecule has 2 nitrogen and oxygen atoms in total. The van der Waals surface area contributed by atoms with Crippen molar-refractivity contribution in [2.24, 2.45) is 0 Å². The predicted octanol–water partition coefficient (Wildman–Crippen LogP) is 2.73. The molecule has 0 saturated heterocycles. The molecule has 0 unspecified atom stereocenters. The fourth-order valence-corrected chi connectivity index (χ4v) is 3.17. The van der Waals surface area contributed by atoms with Gasteiger partial charge in [-0.2, -0.15) is 0 Å². The molecule has 1 aliphatic carbocycles. The van der Waals surface area contributed by atoms with Crippen LogP contribution in [0.3, 0.4) is 0 Å². The van der Waals surface area contributed by atoms with Crippen LogP contribution in [0, 0.1) is 0 Å². The number of aliphatic hydroxyl groups excluding tert-OH is 1. The first-order chi connectivity index (χ1) is 8.19. The Hall–Kier alpha value is -0.570. The van der Waals surface area contributed by atoms with E-state index >= 15 is 0 Å². The lowest BCUT2D eigenvalue weighted by Gasteiger charge is -2.42. The summed E-state index contributed by atoms with van der Waals surface area (Å²) in [6.45, 7) is 0.800. The summed E-state index contributed by atoms with van der Waals surface area (Å²) in [4.78, 5) is 0. The lowest BCUT2D eigenvalue weighted by molar-refractivity contribution is 0.0424. The average molecular weight is 254 g/mol. The second kappa shape index (κ2) is 5.38. The minimum absolute atomic E-state index is 0.169. The highest BCUT2D eigenvalue weighted by Crippen LogP contribution is 2.39. The summed E-state index contributed by atoms with van der Waals surface area (Å²) in [7, 11) is 1.94. The van der Waals surface area contributed by atoms with Crippen molar-refractivity contribution in [3.8, 4) is 0 Å². The summed E-state index contributed by atoms with van der Waals surface area (Å²) in [6.07, 6.45) is 3.92. The van der Waals surface area contributed by atoms with Crippen LogP contribution >= 0.6 is 11.6 Å². The van der Waals surface area contributed by atoms with E-state index in [1.165, 1.54) is 6.42 Å². The fourth-order valence-electron chi connectivity index (χ4n) is 2.98.